The molecule has 10 heteroatoms. The van der Waals surface area contributed by atoms with Gasteiger partial charge in [0, 0.05) is 15.7 Å². The summed E-state index contributed by atoms with van der Waals surface area (Å²) < 4.78 is 10.2. The van der Waals surface area contributed by atoms with Crippen molar-refractivity contribution < 1.29 is 4.74 Å². The molecule has 0 saturated heterocycles. The Morgan fingerprint density at radius 3 is 2.32 bits per heavy atom. The van der Waals surface area contributed by atoms with Crippen LogP contribution in [0.2, 0.25) is 5.02 Å². The molecule has 0 aliphatic rings. The van der Waals surface area contributed by atoms with Crippen molar-refractivity contribution >= 4 is 56.2 Å². The van der Waals surface area contributed by atoms with Gasteiger partial charge in [0.2, 0.25) is 0 Å². The quantitative estimate of drug-likeness (QED) is 0.320. The van der Waals surface area contributed by atoms with Gasteiger partial charge in [0.25, 0.3) is 0 Å². The van der Waals surface area contributed by atoms with Crippen molar-refractivity contribution in [2.75, 3.05) is 10.6 Å². The van der Waals surface area contributed by atoms with Gasteiger partial charge in [-0.2, -0.15) is 10.2 Å². The lowest BCUT2D eigenvalue weighted by Gasteiger charge is -2.07. The summed E-state index contributed by atoms with van der Waals surface area (Å²) in [5.41, 5.74) is 2.52. The van der Waals surface area contributed by atoms with Gasteiger partial charge in [0.05, 0.1) is 36.5 Å². The molecular formula is C21H18BrClN6OS. The van der Waals surface area contributed by atoms with E-state index in [0.29, 0.717) is 16.7 Å². The van der Waals surface area contributed by atoms with Crippen LogP contribution in [0.15, 0.2) is 77.8 Å². The first-order chi connectivity index (χ1) is 15.0. The zero-order valence-electron chi connectivity index (χ0n) is 16.2. The summed E-state index contributed by atoms with van der Waals surface area (Å²) >= 11 is 15.0. The van der Waals surface area contributed by atoms with Crippen LogP contribution in [0, 0.1) is 0 Å². The van der Waals surface area contributed by atoms with E-state index in [4.69, 9.17) is 28.6 Å². The SMILES string of the molecule is S=C(Nc1cnn(COc2ccc(Br)cc2)c1)Nc1cnn(Cc2ccccc2Cl)c1. The highest BCUT2D eigenvalue weighted by Crippen LogP contribution is 2.18. The molecular weight excluding hydrogens is 500 g/mol. The number of benzene rings is 2. The fraction of sp³-hybridized carbons (Fsp3) is 0.0952. The van der Waals surface area contributed by atoms with Crippen LogP contribution >= 0.6 is 39.7 Å². The summed E-state index contributed by atoms with van der Waals surface area (Å²) in [6, 6.07) is 15.3. The maximum atomic E-state index is 6.21. The van der Waals surface area contributed by atoms with E-state index in [1.807, 2.05) is 60.9 Å². The maximum absolute atomic E-state index is 6.21. The Hall–Kier alpha value is -2.88. The first kappa shape index (κ1) is 21.4. The molecule has 2 aromatic carbocycles. The summed E-state index contributed by atoms with van der Waals surface area (Å²) in [6.45, 7) is 0.866. The fourth-order valence-corrected chi connectivity index (χ4v) is 3.47. The predicted molar refractivity (Wildman–Crippen MR) is 130 cm³/mol. The van der Waals surface area contributed by atoms with Crippen molar-refractivity contribution in [3.05, 3.63) is 88.4 Å². The number of nitrogens with one attached hydrogen (secondary N) is 2. The van der Waals surface area contributed by atoms with E-state index in [0.717, 1.165) is 27.2 Å². The minimum atomic E-state index is 0.290. The van der Waals surface area contributed by atoms with Gasteiger partial charge >= 0.3 is 0 Å². The maximum Gasteiger partial charge on any atom is 0.180 e. The average Bonchev–Trinajstić information content (AvgIpc) is 3.38. The molecule has 0 aliphatic carbocycles. The number of thiocarbonyl (C=S) groups is 1. The first-order valence-electron chi connectivity index (χ1n) is 9.30. The molecule has 0 aliphatic heterocycles. The van der Waals surface area contributed by atoms with Gasteiger partial charge in [0.1, 0.15) is 5.75 Å². The predicted octanol–water partition coefficient (Wildman–Crippen LogP) is 5.39. The summed E-state index contributed by atoms with van der Waals surface area (Å²) in [4.78, 5) is 0. The van der Waals surface area contributed by atoms with Crippen LogP contribution in [0.4, 0.5) is 11.4 Å². The highest BCUT2D eigenvalue weighted by molar-refractivity contribution is 9.10. The number of aromatic nitrogens is 4. The normalized spacial score (nSPS) is 10.6. The van der Waals surface area contributed by atoms with E-state index in [9.17, 15) is 0 Å². The van der Waals surface area contributed by atoms with Gasteiger partial charge in [-0.05, 0) is 48.1 Å². The van der Waals surface area contributed by atoms with Crippen molar-refractivity contribution in [1.82, 2.24) is 19.6 Å². The second kappa shape index (κ2) is 9.95. The third-order valence-electron chi connectivity index (χ3n) is 4.25. The Labute approximate surface area is 198 Å². The Kier molecular flexibility index (Phi) is 6.86. The number of halogens is 2. The number of anilines is 2. The molecule has 2 aromatic heterocycles. The molecule has 0 bridgehead atoms. The van der Waals surface area contributed by atoms with Crippen molar-refractivity contribution in [3.8, 4) is 5.75 Å². The molecule has 0 amide bonds. The molecule has 0 radical (unpaired) electrons. The summed E-state index contributed by atoms with van der Waals surface area (Å²) in [6.07, 6.45) is 7.07. The summed E-state index contributed by atoms with van der Waals surface area (Å²) in [5.74, 6) is 0.763. The topological polar surface area (TPSA) is 68.9 Å². The molecule has 0 fully saturated rings. The second-order valence-corrected chi connectivity index (χ2v) is 8.32. The first-order valence-corrected chi connectivity index (χ1v) is 10.9. The number of hydrogen-bond donors (Lipinski definition) is 2. The molecule has 158 valence electrons. The molecule has 4 aromatic rings. The minimum Gasteiger partial charge on any atom is -0.471 e. The van der Waals surface area contributed by atoms with Crippen molar-refractivity contribution in [2.45, 2.75) is 13.3 Å². The van der Waals surface area contributed by atoms with Crippen LogP contribution in [0.1, 0.15) is 5.56 Å². The largest absolute Gasteiger partial charge is 0.471 e. The monoisotopic (exact) mass is 516 g/mol. The van der Waals surface area contributed by atoms with E-state index in [1.165, 1.54) is 0 Å². The van der Waals surface area contributed by atoms with E-state index in [2.05, 4.69) is 36.8 Å². The van der Waals surface area contributed by atoms with E-state index in [1.54, 1.807) is 21.8 Å². The standard InChI is InChI=1S/C21H18BrClN6OS/c22-16-5-7-19(8-6-16)30-14-29-13-18(10-25-29)27-21(31)26-17-9-24-28(12-17)11-15-3-1-2-4-20(15)23/h1-10,12-13H,11,14H2,(H2,26,27,31). The Morgan fingerprint density at radius 2 is 1.61 bits per heavy atom. The molecule has 2 N–H and O–H groups in total. The lowest BCUT2D eigenvalue weighted by Crippen LogP contribution is -2.18. The third kappa shape index (κ3) is 6.06. The summed E-state index contributed by atoms with van der Waals surface area (Å²) in [7, 11) is 0. The molecule has 31 heavy (non-hydrogen) atoms. The van der Waals surface area contributed by atoms with Gasteiger partial charge in [-0.3, -0.25) is 4.68 Å². The molecule has 0 atom stereocenters. The van der Waals surface area contributed by atoms with Gasteiger partial charge in [-0.15, -0.1) is 0 Å². The highest BCUT2D eigenvalue weighted by Gasteiger charge is 2.06. The Balaban J connectivity index is 1.28. The molecule has 0 saturated carbocycles. The zero-order chi connectivity index (χ0) is 21.6. The van der Waals surface area contributed by atoms with Crippen molar-refractivity contribution in [1.29, 1.82) is 0 Å². The lowest BCUT2D eigenvalue weighted by molar-refractivity contribution is 0.221. The van der Waals surface area contributed by atoms with Crippen LogP contribution in [-0.4, -0.2) is 24.7 Å². The second-order valence-electron chi connectivity index (χ2n) is 6.59. The number of rotatable bonds is 7. The van der Waals surface area contributed by atoms with E-state index >= 15 is 0 Å². The van der Waals surface area contributed by atoms with Gasteiger partial charge in [-0.25, -0.2) is 4.68 Å². The van der Waals surface area contributed by atoms with E-state index < -0.39 is 0 Å². The van der Waals surface area contributed by atoms with E-state index in [-0.39, 0.29) is 6.73 Å². The highest BCUT2D eigenvalue weighted by atomic mass is 79.9. The van der Waals surface area contributed by atoms with Crippen molar-refractivity contribution in [3.63, 3.8) is 0 Å². The Bertz CT molecular complexity index is 1180. The number of ether oxygens (including phenoxy) is 1. The van der Waals surface area contributed by atoms with Crippen LogP contribution in [0.5, 0.6) is 5.75 Å². The zero-order valence-corrected chi connectivity index (χ0v) is 19.4. The third-order valence-corrected chi connectivity index (χ3v) is 5.35. The molecule has 2 heterocycles. The molecule has 0 unspecified atom stereocenters. The minimum absolute atomic E-state index is 0.290. The number of nitrogens with zero attached hydrogens (tertiary/aromatic N) is 4. The Morgan fingerprint density at radius 1 is 0.968 bits per heavy atom. The van der Waals surface area contributed by atoms with Crippen LogP contribution in [0.3, 0.4) is 0 Å². The molecule has 7 nitrogen and oxygen atoms in total. The van der Waals surface area contributed by atoms with Crippen molar-refractivity contribution in [2.24, 2.45) is 0 Å². The molecule has 0 spiro atoms. The summed E-state index contributed by atoms with van der Waals surface area (Å²) in [5, 5.41) is 16.0. The average molecular weight is 518 g/mol. The van der Waals surface area contributed by atoms with Crippen LogP contribution < -0.4 is 15.4 Å². The van der Waals surface area contributed by atoms with Crippen LogP contribution in [-0.2, 0) is 13.3 Å². The van der Waals surface area contributed by atoms with Gasteiger partial charge in [0.15, 0.2) is 11.8 Å². The molecule has 4 rings (SSSR count). The van der Waals surface area contributed by atoms with Gasteiger partial charge in [-0.1, -0.05) is 45.7 Å². The van der Waals surface area contributed by atoms with Gasteiger partial charge < -0.3 is 15.4 Å². The lowest BCUT2D eigenvalue weighted by atomic mass is 10.2. The van der Waals surface area contributed by atoms with Crippen LogP contribution in [0.25, 0.3) is 0 Å². The fourth-order valence-electron chi connectivity index (χ4n) is 2.78. The number of hydrogen-bond acceptors (Lipinski definition) is 4. The smallest absolute Gasteiger partial charge is 0.180 e.